The Balaban J connectivity index is 1.93. The smallest absolute Gasteiger partial charge is 0.336 e. The van der Waals surface area contributed by atoms with Crippen LogP contribution in [0.25, 0.3) is 11.0 Å². The monoisotopic (exact) mass is 407 g/mol. The molecule has 30 heavy (non-hydrogen) atoms. The number of ether oxygens (including phenoxy) is 1. The Bertz CT molecular complexity index is 1180. The molecule has 1 N–H and O–H groups in total. The van der Waals surface area contributed by atoms with Gasteiger partial charge in [0.1, 0.15) is 11.3 Å². The molecule has 1 saturated carbocycles. The van der Waals surface area contributed by atoms with Gasteiger partial charge in [-0.25, -0.2) is 4.79 Å². The second kappa shape index (κ2) is 7.59. The first kappa shape index (κ1) is 20.1. The number of hydrogen-bond donors (Lipinski definition) is 1. The normalized spacial score (nSPS) is 19.1. The molecule has 1 unspecified atom stereocenters. The van der Waals surface area contributed by atoms with Gasteiger partial charge < -0.3 is 14.5 Å². The summed E-state index contributed by atoms with van der Waals surface area (Å²) in [6.07, 6.45) is 2.14. The molecule has 0 amide bonds. The summed E-state index contributed by atoms with van der Waals surface area (Å²) in [5.41, 5.74) is 3.00. The number of rotatable bonds is 5. The summed E-state index contributed by atoms with van der Waals surface area (Å²) in [6.45, 7) is 7.18. The van der Waals surface area contributed by atoms with Crippen molar-refractivity contribution in [2.75, 3.05) is 6.61 Å². The zero-order valence-electron chi connectivity index (χ0n) is 17.6. The minimum Gasteiger partial charge on any atom is -0.462 e. The van der Waals surface area contributed by atoms with Gasteiger partial charge in [-0.2, -0.15) is 0 Å². The summed E-state index contributed by atoms with van der Waals surface area (Å²) >= 11 is 0. The highest BCUT2D eigenvalue weighted by atomic mass is 16.5. The maximum Gasteiger partial charge on any atom is 0.336 e. The average Bonchev–Trinajstić information content (AvgIpc) is 3.49. The van der Waals surface area contributed by atoms with Crippen LogP contribution in [0.5, 0.6) is 0 Å². The lowest BCUT2D eigenvalue weighted by molar-refractivity contribution is -0.139. The first-order valence-electron chi connectivity index (χ1n) is 10.2. The van der Waals surface area contributed by atoms with Gasteiger partial charge in [0.25, 0.3) is 0 Å². The van der Waals surface area contributed by atoms with Gasteiger partial charge in [0, 0.05) is 28.6 Å². The van der Waals surface area contributed by atoms with Gasteiger partial charge in [-0.15, -0.1) is 0 Å². The van der Waals surface area contributed by atoms with Crippen LogP contribution >= 0.6 is 0 Å². The maximum absolute atomic E-state index is 13.1. The Labute approximate surface area is 174 Å². The van der Waals surface area contributed by atoms with Crippen LogP contribution in [0.15, 0.2) is 56.0 Å². The standard InChI is InChI=1S/C24H25NO5/c1-12-10-19(27)17-6-5-7-18(23(17)30-12)22-20(15(4)26)13(2)25-14(3)21(22)24(28)29-11-16-8-9-16/h5-7,10,16,22,25H,8-9,11H2,1-4H3. The molecule has 1 aliphatic heterocycles. The van der Waals surface area contributed by atoms with E-state index in [0.29, 0.717) is 57.4 Å². The van der Waals surface area contributed by atoms with Gasteiger partial charge in [0.05, 0.1) is 23.5 Å². The number of aryl methyl sites for hydroxylation is 1. The highest BCUT2D eigenvalue weighted by Crippen LogP contribution is 2.41. The van der Waals surface area contributed by atoms with Gasteiger partial charge in [0.2, 0.25) is 0 Å². The molecule has 1 atom stereocenters. The minimum atomic E-state index is -0.677. The van der Waals surface area contributed by atoms with Crippen molar-refractivity contribution < 1.29 is 18.7 Å². The van der Waals surface area contributed by atoms with Crippen LogP contribution in [0.1, 0.15) is 50.9 Å². The Morgan fingerprint density at radius 2 is 1.83 bits per heavy atom. The molecule has 1 fully saturated rings. The van der Waals surface area contributed by atoms with Crippen LogP contribution in [0.4, 0.5) is 0 Å². The van der Waals surface area contributed by atoms with E-state index < -0.39 is 11.9 Å². The molecule has 2 aliphatic rings. The van der Waals surface area contributed by atoms with E-state index in [1.54, 1.807) is 32.0 Å². The van der Waals surface area contributed by atoms with E-state index in [1.807, 2.05) is 6.92 Å². The highest BCUT2D eigenvalue weighted by Gasteiger charge is 2.38. The van der Waals surface area contributed by atoms with Crippen LogP contribution in [-0.4, -0.2) is 18.4 Å². The van der Waals surface area contributed by atoms with E-state index in [-0.39, 0.29) is 11.2 Å². The van der Waals surface area contributed by atoms with Crippen molar-refractivity contribution in [2.24, 2.45) is 5.92 Å². The van der Waals surface area contributed by atoms with Gasteiger partial charge in [0.15, 0.2) is 11.2 Å². The molecule has 0 radical (unpaired) electrons. The molecule has 2 aromatic rings. The second-order valence-corrected chi connectivity index (χ2v) is 8.18. The number of allylic oxidation sites excluding steroid dienone is 3. The number of fused-ring (bicyclic) bond motifs is 1. The lowest BCUT2D eigenvalue weighted by Gasteiger charge is -2.30. The zero-order chi connectivity index (χ0) is 21.6. The molecule has 2 heterocycles. The predicted octanol–water partition coefficient (Wildman–Crippen LogP) is 3.88. The zero-order valence-corrected chi connectivity index (χ0v) is 17.6. The Morgan fingerprint density at radius 3 is 2.50 bits per heavy atom. The molecule has 0 saturated heterocycles. The van der Waals surface area contributed by atoms with Crippen molar-refractivity contribution in [3.05, 3.63) is 68.4 Å². The summed E-state index contributed by atoms with van der Waals surface area (Å²) in [6, 6.07) is 6.68. The van der Waals surface area contributed by atoms with Crippen molar-refractivity contribution in [1.29, 1.82) is 0 Å². The van der Waals surface area contributed by atoms with E-state index in [0.717, 1.165) is 12.8 Å². The van der Waals surface area contributed by atoms with Crippen LogP contribution in [0.3, 0.4) is 0 Å². The van der Waals surface area contributed by atoms with Crippen molar-refractivity contribution in [3.8, 4) is 0 Å². The average molecular weight is 407 g/mol. The topological polar surface area (TPSA) is 85.6 Å². The molecule has 6 heteroatoms. The fourth-order valence-electron chi connectivity index (χ4n) is 4.14. The Hall–Kier alpha value is -3.15. The minimum absolute atomic E-state index is 0.156. The summed E-state index contributed by atoms with van der Waals surface area (Å²) in [5, 5.41) is 3.58. The van der Waals surface area contributed by atoms with Crippen molar-refractivity contribution >= 4 is 22.7 Å². The lowest BCUT2D eigenvalue weighted by atomic mass is 9.78. The fraction of sp³-hybridized carbons (Fsp3) is 0.375. The van der Waals surface area contributed by atoms with Crippen molar-refractivity contribution in [2.45, 2.75) is 46.5 Å². The lowest BCUT2D eigenvalue weighted by Crippen LogP contribution is -2.31. The largest absolute Gasteiger partial charge is 0.462 e. The molecular weight excluding hydrogens is 382 g/mol. The summed E-state index contributed by atoms with van der Waals surface area (Å²) in [4.78, 5) is 38.3. The molecule has 156 valence electrons. The number of ketones is 1. The van der Waals surface area contributed by atoms with E-state index in [9.17, 15) is 14.4 Å². The number of benzene rings is 1. The van der Waals surface area contributed by atoms with Crippen LogP contribution in [0, 0.1) is 12.8 Å². The molecule has 0 bridgehead atoms. The van der Waals surface area contributed by atoms with Gasteiger partial charge in [-0.3, -0.25) is 9.59 Å². The quantitative estimate of drug-likeness (QED) is 0.757. The number of carbonyl (C=O) groups excluding carboxylic acids is 2. The van der Waals surface area contributed by atoms with E-state index in [4.69, 9.17) is 9.15 Å². The third kappa shape index (κ3) is 3.58. The summed E-state index contributed by atoms with van der Waals surface area (Å²) in [5.74, 6) is -0.388. The van der Waals surface area contributed by atoms with Gasteiger partial charge >= 0.3 is 5.97 Å². The third-order valence-corrected chi connectivity index (χ3v) is 5.73. The Kier molecular flexibility index (Phi) is 5.10. The van der Waals surface area contributed by atoms with E-state index >= 15 is 0 Å². The van der Waals surface area contributed by atoms with E-state index in [2.05, 4.69) is 5.32 Å². The van der Waals surface area contributed by atoms with Gasteiger partial charge in [-0.1, -0.05) is 12.1 Å². The molecule has 4 rings (SSSR count). The molecular formula is C24H25NO5. The molecule has 1 aliphatic carbocycles. The first-order valence-corrected chi connectivity index (χ1v) is 10.2. The fourth-order valence-corrected chi connectivity index (χ4v) is 4.14. The number of carbonyl (C=O) groups is 2. The second-order valence-electron chi connectivity index (χ2n) is 8.18. The molecule has 6 nitrogen and oxygen atoms in total. The number of Topliss-reactive ketones (excluding diaryl/α,β-unsaturated/α-hetero) is 1. The summed E-state index contributed by atoms with van der Waals surface area (Å²) in [7, 11) is 0. The predicted molar refractivity (Wildman–Crippen MR) is 113 cm³/mol. The third-order valence-electron chi connectivity index (χ3n) is 5.73. The van der Waals surface area contributed by atoms with Crippen LogP contribution in [0.2, 0.25) is 0 Å². The number of esters is 1. The molecule has 0 spiro atoms. The number of hydrogen-bond acceptors (Lipinski definition) is 6. The van der Waals surface area contributed by atoms with Crippen molar-refractivity contribution in [1.82, 2.24) is 5.32 Å². The van der Waals surface area contributed by atoms with E-state index in [1.165, 1.54) is 13.0 Å². The SMILES string of the molecule is CC(=O)C1=C(C)NC(C)=C(C(=O)OCC2CC2)C1c1cccc2c(=O)cc(C)oc12. The number of dihydropyridines is 1. The molecule has 1 aromatic carbocycles. The Morgan fingerprint density at radius 1 is 1.13 bits per heavy atom. The summed E-state index contributed by atoms with van der Waals surface area (Å²) < 4.78 is 11.5. The number of para-hydroxylation sites is 1. The first-order chi connectivity index (χ1) is 14.3. The highest BCUT2D eigenvalue weighted by molar-refractivity contribution is 6.03. The van der Waals surface area contributed by atoms with Crippen molar-refractivity contribution in [3.63, 3.8) is 0 Å². The molecule has 1 aromatic heterocycles. The van der Waals surface area contributed by atoms with Crippen LogP contribution in [-0.2, 0) is 14.3 Å². The van der Waals surface area contributed by atoms with Gasteiger partial charge in [-0.05, 0) is 52.5 Å². The maximum atomic E-state index is 13.1. The van der Waals surface area contributed by atoms with Crippen LogP contribution < -0.4 is 10.7 Å². The number of nitrogens with one attached hydrogen (secondary N) is 1.